The fourth-order valence-corrected chi connectivity index (χ4v) is 2.22. The maximum atomic E-state index is 11.2. The number of nitrogens with one attached hydrogen (secondary N) is 1. The first-order chi connectivity index (χ1) is 11.0. The first-order valence-corrected chi connectivity index (χ1v) is 6.80. The molecule has 1 atom stereocenters. The Morgan fingerprint density at radius 1 is 1.35 bits per heavy atom. The van der Waals surface area contributed by atoms with Crippen molar-refractivity contribution in [1.82, 2.24) is 15.0 Å². The van der Waals surface area contributed by atoms with Crippen LogP contribution in [0.1, 0.15) is 16.1 Å². The molecule has 0 spiro atoms. The third kappa shape index (κ3) is 3.28. The molecule has 3 aromatic rings. The number of carbonyl (C=O) groups is 1. The van der Waals surface area contributed by atoms with Crippen molar-refractivity contribution in [2.75, 3.05) is 0 Å². The maximum Gasteiger partial charge on any atom is 0.337 e. The highest BCUT2D eigenvalue weighted by Crippen LogP contribution is 2.26. The molecule has 3 rings (SSSR count). The van der Waals surface area contributed by atoms with E-state index in [0.29, 0.717) is 22.3 Å². The van der Waals surface area contributed by atoms with Gasteiger partial charge in [0.05, 0.1) is 11.3 Å². The minimum atomic E-state index is -1.02. The molecule has 8 heteroatoms. The average molecular weight is 314 g/mol. The second-order valence-corrected chi connectivity index (χ2v) is 4.94. The van der Waals surface area contributed by atoms with Crippen LogP contribution in [-0.4, -0.2) is 37.4 Å². The van der Waals surface area contributed by atoms with E-state index in [1.165, 1.54) is 12.5 Å². The zero-order valence-corrected chi connectivity index (χ0v) is 11.9. The minimum Gasteiger partial charge on any atom is -0.478 e. The number of aromatic nitrogens is 3. The summed E-state index contributed by atoms with van der Waals surface area (Å²) in [6, 6.07) is 6.61. The monoisotopic (exact) mass is 314 g/mol. The van der Waals surface area contributed by atoms with Gasteiger partial charge in [-0.2, -0.15) is 0 Å². The SMILES string of the molecule is NC(O)Cc1cc(Oc2ccc3[nH]cc(C(=O)O)c3c2)ncn1. The first-order valence-electron chi connectivity index (χ1n) is 6.80. The van der Waals surface area contributed by atoms with Crippen molar-refractivity contribution in [1.29, 1.82) is 0 Å². The van der Waals surface area contributed by atoms with E-state index in [2.05, 4.69) is 15.0 Å². The highest BCUT2D eigenvalue weighted by atomic mass is 16.5. The quantitative estimate of drug-likeness (QED) is 0.521. The standard InChI is InChI=1S/C15H14N4O4/c16-13(20)3-8-4-14(19-7-18-8)23-9-1-2-12-10(5-9)11(6-17-12)15(21)22/h1-2,4-7,13,17,20H,3,16H2,(H,21,22). The molecule has 0 bridgehead atoms. The number of aromatic amines is 1. The summed E-state index contributed by atoms with van der Waals surface area (Å²) >= 11 is 0. The van der Waals surface area contributed by atoms with E-state index in [0.717, 1.165) is 0 Å². The third-order valence-corrected chi connectivity index (χ3v) is 3.22. The molecule has 0 fully saturated rings. The molecule has 23 heavy (non-hydrogen) atoms. The summed E-state index contributed by atoms with van der Waals surface area (Å²) in [5.74, 6) is -0.297. The Morgan fingerprint density at radius 2 is 2.17 bits per heavy atom. The smallest absolute Gasteiger partial charge is 0.337 e. The van der Waals surface area contributed by atoms with E-state index in [-0.39, 0.29) is 17.9 Å². The van der Waals surface area contributed by atoms with Crippen LogP contribution in [0.2, 0.25) is 0 Å². The number of fused-ring (bicyclic) bond motifs is 1. The summed E-state index contributed by atoms with van der Waals surface area (Å²) in [5.41, 5.74) is 6.72. The number of H-pyrrole nitrogens is 1. The lowest BCUT2D eigenvalue weighted by molar-refractivity contribution is 0.0699. The number of nitrogens with two attached hydrogens (primary N) is 1. The highest BCUT2D eigenvalue weighted by Gasteiger charge is 2.12. The van der Waals surface area contributed by atoms with Crippen molar-refractivity contribution >= 4 is 16.9 Å². The number of rotatable bonds is 5. The summed E-state index contributed by atoms with van der Waals surface area (Å²) in [6.45, 7) is 0. The predicted octanol–water partition coefficient (Wildman–Crippen LogP) is 1.27. The summed E-state index contributed by atoms with van der Waals surface area (Å²) in [7, 11) is 0. The van der Waals surface area contributed by atoms with Gasteiger partial charge in [0.1, 0.15) is 18.3 Å². The second kappa shape index (κ2) is 6.03. The van der Waals surface area contributed by atoms with E-state index < -0.39 is 12.2 Å². The van der Waals surface area contributed by atoms with Crippen LogP contribution < -0.4 is 10.5 Å². The van der Waals surface area contributed by atoms with E-state index in [4.69, 9.17) is 15.6 Å². The van der Waals surface area contributed by atoms with E-state index in [1.54, 1.807) is 24.3 Å². The predicted molar refractivity (Wildman–Crippen MR) is 81.3 cm³/mol. The van der Waals surface area contributed by atoms with Gasteiger partial charge in [-0.25, -0.2) is 14.8 Å². The van der Waals surface area contributed by atoms with Crippen LogP contribution in [0.5, 0.6) is 11.6 Å². The molecule has 0 saturated carbocycles. The lowest BCUT2D eigenvalue weighted by Crippen LogP contribution is -2.22. The Kier molecular flexibility index (Phi) is 3.92. The lowest BCUT2D eigenvalue weighted by atomic mass is 10.1. The fourth-order valence-electron chi connectivity index (χ4n) is 2.22. The molecule has 0 aliphatic carbocycles. The van der Waals surface area contributed by atoms with Crippen LogP contribution in [0.4, 0.5) is 0 Å². The van der Waals surface area contributed by atoms with Gasteiger partial charge in [0.25, 0.3) is 0 Å². The number of nitrogens with zero attached hydrogens (tertiary/aromatic N) is 2. The van der Waals surface area contributed by atoms with Crippen molar-refractivity contribution in [3.8, 4) is 11.6 Å². The van der Waals surface area contributed by atoms with Gasteiger partial charge in [0.15, 0.2) is 0 Å². The van der Waals surface area contributed by atoms with Gasteiger partial charge >= 0.3 is 5.97 Å². The molecule has 0 amide bonds. The number of carboxylic acids is 1. The molecule has 2 heterocycles. The fraction of sp³-hybridized carbons (Fsp3) is 0.133. The lowest BCUT2D eigenvalue weighted by Gasteiger charge is -2.07. The van der Waals surface area contributed by atoms with Gasteiger partial charge in [0, 0.05) is 29.6 Å². The molecule has 5 N–H and O–H groups in total. The Labute approximate surface area is 130 Å². The van der Waals surface area contributed by atoms with Crippen molar-refractivity contribution in [2.45, 2.75) is 12.6 Å². The van der Waals surface area contributed by atoms with Crippen molar-refractivity contribution in [2.24, 2.45) is 5.73 Å². The van der Waals surface area contributed by atoms with Crippen LogP contribution in [0.3, 0.4) is 0 Å². The van der Waals surface area contributed by atoms with Crippen molar-refractivity contribution < 1.29 is 19.7 Å². The van der Waals surface area contributed by atoms with Crippen LogP contribution in [0.25, 0.3) is 10.9 Å². The summed E-state index contributed by atoms with van der Waals surface area (Å²) in [4.78, 5) is 22.0. The normalized spacial score (nSPS) is 12.3. The van der Waals surface area contributed by atoms with Gasteiger partial charge in [-0.05, 0) is 18.2 Å². The molecular formula is C15H14N4O4. The Hall–Kier alpha value is -2.97. The topological polar surface area (TPSA) is 134 Å². The number of aliphatic hydroxyl groups excluding tert-OH is 1. The number of ether oxygens (including phenoxy) is 1. The largest absolute Gasteiger partial charge is 0.478 e. The number of carboxylic acid groups (broad SMARTS) is 1. The van der Waals surface area contributed by atoms with Crippen molar-refractivity contribution in [3.05, 3.63) is 48.0 Å². The maximum absolute atomic E-state index is 11.2. The van der Waals surface area contributed by atoms with Gasteiger partial charge in [-0.3, -0.25) is 0 Å². The summed E-state index contributed by atoms with van der Waals surface area (Å²) < 4.78 is 5.63. The average Bonchev–Trinajstić information content (AvgIpc) is 2.90. The van der Waals surface area contributed by atoms with Gasteiger partial charge < -0.3 is 25.7 Å². The molecule has 0 saturated heterocycles. The van der Waals surface area contributed by atoms with Gasteiger partial charge in [-0.1, -0.05) is 0 Å². The zero-order chi connectivity index (χ0) is 16.4. The number of aromatic carboxylic acids is 1. The molecular weight excluding hydrogens is 300 g/mol. The van der Waals surface area contributed by atoms with Crippen LogP contribution in [-0.2, 0) is 6.42 Å². The number of hydrogen-bond donors (Lipinski definition) is 4. The highest BCUT2D eigenvalue weighted by molar-refractivity contribution is 6.03. The third-order valence-electron chi connectivity index (χ3n) is 3.22. The summed E-state index contributed by atoms with van der Waals surface area (Å²) in [5, 5.41) is 18.9. The molecule has 118 valence electrons. The molecule has 0 aliphatic rings. The number of hydrogen-bond acceptors (Lipinski definition) is 6. The zero-order valence-electron chi connectivity index (χ0n) is 11.9. The van der Waals surface area contributed by atoms with Crippen LogP contribution >= 0.6 is 0 Å². The Bertz CT molecular complexity index is 860. The number of aliphatic hydroxyl groups is 1. The first kappa shape index (κ1) is 14.9. The molecule has 2 aromatic heterocycles. The molecule has 8 nitrogen and oxygen atoms in total. The second-order valence-electron chi connectivity index (χ2n) is 4.94. The van der Waals surface area contributed by atoms with Gasteiger partial charge in [-0.15, -0.1) is 0 Å². The number of benzene rings is 1. The minimum absolute atomic E-state index is 0.167. The molecule has 0 aliphatic heterocycles. The van der Waals surface area contributed by atoms with E-state index in [9.17, 15) is 9.90 Å². The van der Waals surface area contributed by atoms with Crippen LogP contribution in [0.15, 0.2) is 36.8 Å². The molecule has 0 radical (unpaired) electrons. The Balaban J connectivity index is 1.89. The van der Waals surface area contributed by atoms with E-state index >= 15 is 0 Å². The van der Waals surface area contributed by atoms with Gasteiger partial charge in [0.2, 0.25) is 5.88 Å². The summed E-state index contributed by atoms with van der Waals surface area (Å²) in [6.07, 6.45) is 1.91. The molecule has 1 aromatic carbocycles. The Morgan fingerprint density at radius 3 is 2.91 bits per heavy atom. The molecule has 1 unspecified atom stereocenters. The van der Waals surface area contributed by atoms with E-state index in [1.807, 2.05) is 0 Å². The van der Waals surface area contributed by atoms with Crippen LogP contribution in [0, 0.1) is 0 Å². The van der Waals surface area contributed by atoms with Crippen molar-refractivity contribution in [3.63, 3.8) is 0 Å².